The molecule has 1 N–H and O–H groups in total. The van der Waals surface area contributed by atoms with E-state index in [-0.39, 0.29) is 11.8 Å². The maximum atomic E-state index is 12.5. The van der Waals surface area contributed by atoms with Gasteiger partial charge in [0.1, 0.15) is 0 Å². The lowest BCUT2D eigenvalue weighted by molar-refractivity contribution is -0.116. The normalized spacial score (nSPS) is 29.0. The number of hydrogen-bond acceptors (Lipinski definition) is 3. The van der Waals surface area contributed by atoms with E-state index in [0.29, 0.717) is 12.5 Å². The molecule has 0 aliphatic carbocycles. The molecule has 1 saturated heterocycles. The van der Waals surface area contributed by atoms with Crippen molar-refractivity contribution in [3.05, 3.63) is 39.0 Å². The Morgan fingerprint density at radius 2 is 2.05 bits per heavy atom. The van der Waals surface area contributed by atoms with Gasteiger partial charge in [-0.1, -0.05) is 19.1 Å². The average molecular weight is 397 g/mol. The number of carbonyl (C=O) groups is 1. The molecule has 2 aliphatic rings. The van der Waals surface area contributed by atoms with E-state index in [1.54, 1.807) is 0 Å². The molecule has 0 radical (unpaired) electrons. The maximum Gasteiger partial charge on any atom is 0.160 e. The molecule has 0 spiro atoms. The van der Waals surface area contributed by atoms with Crippen molar-refractivity contribution in [2.24, 2.45) is 0 Å². The Morgan fingerprint density at radius 3 is 2.67 bits per heavy atom. The summed E-state index contributed by atoms with van der Waals surface area (Å²) in [7, 11) is 2.03. The number of aliphatic hydroxyl groups excluding tert-OH is 1. The predicted octanol–water partition coefficient (Wildman–Crippen LogP) is 2.86. The summed E-state index contributed by atoms with van der Waals surface area (Å²) < 4.78 is 1.19. The molecule has 1 fully saturated rings. The monoisotopic (exact) mass is 397 g/mol. The van der Waals surface area contributed by atoms with Crippen LogP contribution in [-0.4, -0.2) is 41.0 Å². The van der Waals surface area contributed by atoms with Crippen molar-refractivity contribution in [2.75, 3.05) is 7.05 Å². The summed E-state index contributed by atoms with van der Waals surface area (Å²) in [6.07, 6.45) is 1.68. The highest BCUT2D eigenvalue weighted by atomic mass is 127. The second kappa shape index (κ2) is 5.82. The molecule has 0 amide bonds. The summed E-state index contributed by atoms with van der Waals surface area (Å²) >= 11 is 2.29. The number of ketones is 1. The van der Waals surface area contributed by atoms with Crippen LogP contribution in [0.25, 0.3) is 5.57 Å². The van der Waals surface area contributed by atoms with Gasteiger partial charge in [-0.05, 0) is 65.7 Å². The largest absolute Gasteiger partial charge is 0.391 e. The van der Waals surface area contributed by atoms with Gasteiger partial charge in [-0.2, -0.15) is 0 Å². The van der Waals surface area contributed by atoms with Crippen molar-refractivity contribution in [3.8, 4) is 0 Å². The van der Waals surface area contributed by atoms with Crippen LogP contribution in [0.2, 0.25) is 0 Å². The number of hydrogen-bond donors (Lipinski definition) is 1. The van der Waals surface area contributed by atoms with Gasteiger partial charge in [0.05, 0.1) is 12.1 Å². The first-order chi connectivity index (χ1) is 10.0. The third kappa shape index (κ3) is 2.58. The molecule has 0 aromatic heterocycles. The number of rotatable bonds is 3. The van der Waals surface area contributed by atoms with Crippen molar-refractivity contribution >= 4 is 33.9 Å². The predicted molar refractivity (Wildman–Crippen MR) is 92.0 cm³/mol. The van der Waals surface area contributed by atoms with Gasteiger partial charge in [-0.15, -0.1) is 0 Å². The highest BCUT2D eigenvalue weighted by Crippen LogP contribution is 2.42. The minimum absolute atomic E-state index is 0.134. The molecule has 1 aromatic carbocycles. The summed E-state index contributed by atoms with van der Waals surface area (Å²) in [4.78, 5) is 14.7. The van der Waals surface area contributed by atoms with E-state index in [2.05, 4.69) is 51.8 Å². The lowest BCUT2D eigenvalue weighted by Crippen LogP contribution is -2.43. The van der Waals surface area contributed by atoms with Gasteiger partial charge in [0.15, 0.2) is 5.78 Å². The SMILES string of the molecule is CCC(=O)C1=C(c2ccc(I)cc2)CC2CC(O)[C@H]1N2C. The van der Waals surface area contributed by atoms with E-state index < -0.39 is 6.10 Å². The first-order valence-electron chi connectivity index (χ1n) is 7.45. The van der Waals surface area contributed by atoms with Gasteiger partial charge in [-0.3, -0.25) is 9.69 Å². The fourth-order valence-electron chi connectivity index (χ4n) is 3.67. The Bertz CT molecular complexity index is 593. The number of fused-ring (bicyclic) bond motifs is 2. The van der Waals surface area contributed by atoms with Gasteiger partial charge in [0, 0.05) is 21.6 Å². The van der Waals surface area contributed by atoms with Crippen molar-refractivity contribution < 1.29 is 9.90 Å². The van der Waals surface area contributed by atoms with Crippen molar-refractivity contribution in [1.29, 1.82) is 0 Å². The lowest BCUT2D eigenvalue weighted by Gasteiger charge is -2.35. The van der Waals surface area contributed by atoms with Crippen molar-refractivity contribution in [2.45, 2.75) is 44.4 Å². The molecular formula is C17H20INO2. The molecule has 1 aromatic rings. The fourth-order valence-corrected chi connectivity index (χ4v) is 4.03. The topological polar surface area (TPSA) is 40.5 Å². The number of Topliss-reactive ketones (excluding diaryl/α,β-unsaturated/α-hetero) is 1. The molecule has 2 bridgehead atoms. The van der Waals surface area contributed by atoms with Crippen LogP contribution in [0.1, 0.15) is 31.7 Å². The van der Waals surface area contributed by atoms with Gasteiger partial charge >= 0.3 is 0 Å². The molecular weight excluding hydrogens is 377 g/mol. The zero-order valence-electron chi connectivity index (χ0n) is 12.3. The first-order valence-corrected chi connectivity index (χ1v) is 8.53. The molecule has 0 saturated carbocycles. The van der Waals surface area contributed by atoms with Crippen molar-refractivity contribution in [1.82, 2.24) is 4.90 Å². The third-order valence-corrected chi connectivity index (χ3v) is 5.49. The average Bonchev–Trinajstić information content (AvgIpc) is 2.66. The van der Waals surface area contributed by atoms with Gasteiger partial charge in [0.2, 0.25) is 0 Å². The van der Waals surface area contributed by atoms with Crippen LogP contribution in [0.15, 0.2) is 29.8 Å². The van der Waals surface area contributed by atoms with Crippen LogP contribution in [-0.2, 0) is 4.79 Å². The molecule has 112 valence electrons. The minimum atomic E-state index is -0.424. The number of carbonyl (C=O) groups excluding carboxylic acids is 1. The van der Waals surface area contributed by atoms with Gasteiger partial charge in [-0.25, -0.2) is 0 Å². The number of halogens is 1. The summed E-state index contributed by atoms with van der Waals surface area (Å²) in [5, 5.41) is 10.4. The number of likely N-dealkylation sites (N-methyl/N-ethyl adjacent to an activating group) is 1. The van der Waals surface area contributed by atoms with Crippen LogP contribution >= 0.6 is 22.6 Å². The van der Waals surface area contributed by atoms with Crippen LogP contribution in [0, 0.1) is 3.57 Å². The maximum absolute atomic E-state index is 12.5. The standard InChI is InChI=1S/C17H20INO2/c1-3-14(20)16-13(10-4-6-11(18)7-5-10)8-12-9-15(21)17(16)19(12)2/h4-7,12,15,17,21H,3,8-9H2,1-2H3/t12?,15?,17-/m1/s1. The lowest BCUT2D eigenvalue weighted by atomic mass is 9.85. The smallest absolute Gasteiger partial charge is 0.160 e. The second-order valence-electron chi connectivity index (χ2n) is 5.95. The molecule has 21 heavy (non-hydrogen) atoms. The van der Waals surface area contributed by atoms with E-state index >= 15 is 0 Å². The Kier molecular flexibility index (Phi) is 4.21. The van der Waals surface area contributed by atoms with E-state index in [0.717, 1.165) is 29.6 Å². The number of nitrogens with zero attached hydrogens (tertiary/aromatic N) is 1. The van der Waals surface area contributed by atoms with Gasteiger partial charge < -0.3 is 5.11 Å². The fraction of sp³-hybridized carbons (Fsp3) is 0.471. The van der Waals surface area contributed by atoms with E-state index in [1.807, 2.05) is 14.0 Å². The molecule has 2 unspecified atom stereocenters. The first kappa shape index (κ1) is 15.2. The quantitative estimate of drug-likeness (QED) is 0.798. The van der Waals surface area contributed by atoms with E-state index in [1.165, 1.54) is 3.57 Å². The summed E-state index contributed by atoms with van der Waals surface area (Å²) in [6.45, 7) is 1.90. The number of aliphatic hydroxyl groups is 1. The molecule has 4 heteroatoms. The Hall–Kier alpha value is -0.720. The van der Waals surface area contributed by atoms with Crippen molar-refractivity contribution in [3.63, 3.8) is 0 Å². The third-order valence-electron chi connectivity index (χ3n) is 4.77. The Morgan fingerprint density at radius 1 is 1.38 bits per heavy atom. The van der Waals surface area contributed by atoms with E-state index in [9.17, 15) is 9.90 Å². The molecule has 2 heterocycles. The van der Waals surface area contributed by atoms with Crippen LogP contribution < -0.4 is 0 Å². The molecule has 3 nitrogen and oxygen atoms in total. The second-order valence-corrected chi connectivity index (χ2v) is 7.19. The van der Waals surface area contributed by atoms with Crippen LogP contribution in [0.5, 0.6) is 0 Å². The van der Waals surface area contributed by atoms with Crippen LogP contribution in [0.3, 0.4) is 0 Å². The zero-order valence-corrected chi connectivity index (χ0v) is 14.5. The minimum Gasteiger partial charge on any atom is -0.391 e. The highest BCUT2D eigenvalue weighted by Gasteiger charge is 2.46. The number of benzene rings is 1. The highest BCUT2D eigenvalue weighted by molar-refractivity contribution is 14.1. The zero-order chi connectivity index (χ0) is 15.1. The van der Waals surface area contributed by atoms with E-state index in [4.69, 9.17) is 0 Å². The molecule has 2 aliphatic heterocycles. The summed E-state index contributed by atoms with van der Waals surface area (Å²) in [6, 6.07) is 8.55. The Labute approximate surface area is 139 Å². The molecule has 3 rings (SSSR count). The molecule has 3 atom stereocenters. The van der Waals surface area contributed by atoms with Crippen LogP contribution in [0.4, 0.5) is 0 Å². The Balaban J connectivity index is 2.13. The summed E-state index contributed by atoms with van der Waals surface area (Å²) in [5.74, 6) is 0.166. The van der Waals surface area contributed by atoms with Gasteiger partial charge in [0.25, 0.3) is 0 Å². The summed E-state index contributed by atoms with van der Waals surface area (Å²) in [5.41, 5.74) is 3.11.